The van der Waals surface area contributed by atoms with Crippen molar-refractivity contribution in [3.8, 4) is 6.07 Å². The Kier molecular flexibility index (Phi) is 5.01. The fourth-order valence-electron chi connectivity index (χ4n) is 2.74. The van der Waals surface area contributed by atoms with E-state index in [0.717, 1.165) is 0 Å². The number of hydrogen-bond acceptors (Lipinski definition) is 4. The van der Waals surface area contributed by atoms with Crippen molar-refractivity contribution in [3.63, 3.8) is 0 Å². The summed E-state index contributed by atoms with van der Waals surface area (Å²) in [6, 6.07) is 8.68. The zero-order valence-electron chi connectivity index (χ0n) is 13.0. The van der Waals surface area contributed by atoms with E-state index in [2.05, 4.69) is 5.32 Å². The molecule has 1 aromatic carbocycles. The minimum absolute atomic E-state index is 0.193. The van der Waals surface area contributed by atoms with Gasteiger partial charge in [-0.3, -0.25) is 0 Å². The molecule has 2 rings (SSSR count). The van der Waals surface area contributed by atoms with E-state index >= 15 is 0 Å². The number of aliphatic hydroxyl groups is 1. The Hall–Kier alpha value is -2.10. The highest BCUT2D eigenvalue weighted by Crippen LogP contribution is 2.23. The monoisotopic (exact) mass is 302 g/mol. The number of carbonyl (C=O) groups excluding carboxylic acids is 1. The second-order valence-corrected chi connectivity index (χ2v) is 6.07. The van der Waals surface area contributed by atoms with Gasteiger partial charge in [0, 0.05) is 25.3 Å². The smallest absolute Gasteiger partial charge is 0.321 e. The molecule has 0 aromatic heterocycles. The fourth-order valence-corrected chi connectivity index (χ4v) is 2.74. The van der Waals surface area contributed by atoms with Crippen LogP contribution in [0.25, 0.3) is 0 Å². The lowest BCUT2D eigenvalue weighted by Gasteiger charge is -2.39. The van der Waals surface area contributed by atoms with E-state index in [1.54, 1.807) is 29.2 Å². The number of piperidine rings is 1. The van der Waals surface area contributed by atoms with Crippen molar-refractivity contribution in [3.05, 3.63) is 29.8 Å². The summed E-state index contributed by atoms with van der Waals surface area (Å²) < 4.78 is 0. The summed E-state index contributed by atoms with van der Waals surface area (Å²) in [4.78, 5) is 15.9. The molecule has 1 saturated heterocycles. The van der Waals surface area contributed by atoms with Gasteiger partial charge in [-0.05, 0) is 45.1 Å². The highest BCUT2D eigenvalue weighted by Gasteiger charge is 2.34. The molecule has 0 radical (unpaired) electrons. The number of nitrogens with zero attached hydrogens (tertiary/aromatic N) is 3. The molecule has 0 aliphatic carbocycles. The van der Waals surface area contributed by atoms with Gasteiger partial charge in [0.15, 0.2) is 0 Å². The van der Waals surface area contributed by atoms with Crippen LogP contribution in [0.2, 0.25) is 0 Å². The second-order valence-electron chi connectivity index (χ2n) is 6.07. The van der Waals surface area contributed by atoms with Crippen LogP contribution in [0, 0.1) is 11.3 Å². The number of benzene rings is 1. The van der Waals surface area contributed by atoms with Crippen molar-refractivity contribution in [2.45, 2.75) is 18.4 Å². The average Bonchev–Trinajstić information content (AvgIpc) is 2.47. The summed E-state index contributed by atoms with van der Waals surface area (Å²) in [5.74, 6) is 0. The Bertz CT molecular complexity index is 572. The number of carbonyl (C=O) groups is 1. The van der Waals surface area contributed by atoms with E-state index in [0.29, 0.717) is 43.7 Å². The third-order valence-corrected chi connectivity index (χ3v) is 3.83. The molecule has 118 valence electrons. The van der Waals surface area contributed by atoms with Gasteiger partial charge >= 0.3 is 6.03 Å². The van der Waals surface area contributed by atoms with Crippen LogP contribution in [-0.2, 0) is 0 Å². The Balaban J connectivity index is 1.91. The van der Waals surface area contributed by atoms with Crippen molar-refractivity contribution in [2.24, 2.45) is 0 Å². The summed E-state index contributed by atoms with van der Waals surface area (Å²) >= 11 is 0. The third-order valence-electron chi connectivity index (χ3n) is 3.83. The number of likely N-dealkylation sites (N-methyl/N-ethyl adjacent to an activating group) is 1. The molecular formula is C16H22N4O2. The number of anilines is 1. The normalized spacial score (nSPS) is 17.1. The van der Waals surface area contributed by atoms with E-state index in [4.69, 9.17) is 5.26 Å². The lowest BCUT2D eigenvalue weighted by molar-refractivity contribution is -0.0284. The van der Waals surface area contributed by atoms with Crippen LogP contribution in [0.1, 0.15) is 18.4 Å². The van der Waals surface area contributed by atoms with Gasteiger partial charge in [-0.1, -0.05) is 6.07 Å². The van der Waals surface area contributed by atoms with Crippen LogP contribution in [0.5, 0.6) is 0 Å². The van der Waals surface area contributed by atoms with Gasteiger partial charge in [-0.15, -0.1) is 0 Å². The van der Waals surface area contributed by atoms with Crippen molar-refractivity contribution in [2.75, 3.05) is 39.0 Å². The van der Waals surface area contributed by atoms with Gasteiger partial charge in [-0.2, -0.15) is 5.26 Å². The standard InChI is InChI=1S/C16H22N4O2/c1-19(2)12-16(22)6-8-20(9-7-16)15(21)18-14-5-3-4-13(10-14)11-17/h3-5,10,22H,6-9,12H2,1-2H3,(H,18,21). The van der Waals surface area contributed by atoms with E-state index in [1.807, 2.05) is 25.1 Å². The van der Waals surface area contributed by atoms with E-state index in [1.165, 1.54) is 0 Å². The molecule has 6 nitrogen and oxygen atoms in total. The summed E-state index contributed by atoms with van der Waals surface area (Å²) in [6.07, 6.45) is 1.13. The predicted octanol–water partition coefficient (Wildman–Crippen LogP) is 1.48. The molecule has 22 heavy (non-hydrogen) atoms. The van der Waals surface area contributed by atoms with Crippen LogP contribution < -0.4 is 5.32 Å². The van der Waals surface area contributed by atoms with Crippen molar-refractivity contribution < 1.29 is 9.90 Å². The molecule has 2 N–H and O–H groups in total. The number of urea groups is 1. The highest BCUT2D eigenvalue weighted by atomic mass is 16.3. The van der Waals surface area contributed by atoms with Gasteiger partial charge in [0.2, 0.25) is 0 Å². The highest BCUT2D eigenvalue weighted by molar-refractivity contribution is 5.89. The molecule has 0 atom stereocenters. The maximum Gasteiger partial charge on any atom is 0.321 e. The summed E-state index contributed by atoms with van der Waals surface area (Å²) in [5.41, 5.74) is 0.399. The maximum absolute atomic E-state index is 12.2. The Morgan fingerprint density at radius 2 is 2.14 bits per heavy atom. The number of nitrogens with one attached hydrogen (secondary N) is 1. The number of likely N-dealkylation sites (tertiary alicyclic amines) is 1. The van der Waals surface area contributed by atoms with E-state index < -0.39 is 5.60 Å². The molecule has 0 spiro atoms. The van der Waals surface area contributed by atoms with Crippen LogP contribution in [-0.4, -0.2) is 60.3 Å². The summed E-state index contributed by atoms with van der Waals surface area (Å²) in [5, 5.41) is 22.1. The lowest BCUT2D eigenvalue weighted by Crippen LogP contribution is -2.51. The molecule has 1 aliphatic rings. The molecule has 2 amide bonds. The zero-order valence-corrected chi connectivity index (χ0v) is 13.0. The van der Waals surface area contributed by atoms with E-state index in [9.17, 15) is 9.90 Å². The number of nitriles is 1. The summed E-state index contributed by atoms with van der Waals surface area (Å²) in [7, 11) is 3.86. The van der Waals surface area contributed by atoms with Gasteiger partial charge in [0.25, 0.3) is 0 Å². The molecule has 0 saturated carbocycles. The van der Waals surface area contributed by atoms with Crippen LogP contribution in [0.4, 0.5) is 10.5 Å². The quantitative estimate of drug-likeness (QED) is 0.886. The maximum atomic E-state index is 12.2. The molecule has 1 aromatic rings. The molecule has 0 unspecified atom stereocenters. The van der Waals surface area contributed by atoms with Crippen molar-refractivity contribution in [1.29, 1.82) is 5.26 Å². The Morgan fingerprint density at radius 3 is 2.73 bits per heavy atom. The molecule has 6 heteroatoms. The number of amides is 2. The number of rotatable bonds is 3. The Labute approximate surface area is 130 Å². The molecule has 1 aliphatic heterocycles. The number of hydrogen-bond donors (Lipinski definition) is 2. The van der Waals surface area contributed by atoms with Crippen LogP contribution >= 0.6 is 0 Å². The van der Waals surface area contributed by atoms with Gasteiger partial charge < -0.3 is 20.2 Å². The zero-order chi connectivity index (χ0) is 16.2. The first kappa shape index (κ1) is 16.3. The minimum Gasteiger partial charge on any atom is -0.388 e. The first-order valence-electron chi connectivity index (χ1n) is 7.35. The lowest BCUT2D eigenvalue weighted by atomic mass is 9.91. The predicted molar refractivity (Wildman–Crippen MR) is 84.5 cm³/mol. The van der Waals surface area contributed by atoms with Gasteiger partial charge in [0.1, 0.15) is 0 Å². The van der Waals surface area contributed by atoms with Crippen molar-refractivity contribution in [1.82, 2.24) is 9.80 Å². The molecule has 1 heterocycles. The minimum atomic E-state index is -0.721. The SMILES string of the molecule is CN(C)CC1(O)CCN(C(=O)Nc2cccc(C#N)c2)CC1. The van der Waals surface area contributed by atoms with Crippen LogP contribution in [0.3, 0.4) is 0 Å². The first-order valence-corrected chi connectivity index (χ1v) is 7.35. The van der Waals surface area contributed by atoms with Crippen molar-refractivity contribution >= 4 is 11.7 Å². The topological polar surface area (TPSA) is 79.6 Å². The summed E-state index contributed by atoms with van der Waals surface area (Å²) in [6.45, 7) is 1.65. The second kappa shape index (κ2) is 6.77. The van der Waals surface area contributed by atoms with Gasteiger partial charge in [-0.25, -0.2) is 4.79 Å². The largest absolute Gasteiger partial charge is 0.388 e. The average molecular weight is 302 g/mol. The Morgan fingerprint density at radius 1 is 1.45 bits per heavy atom. The molecule has 0 bridgehead atoms. The van der Waals surface area contributed by atoms with Gasteiger partial charge in [0.05, 0.1) is 17.2 Å². The fraction of sp³-hybridized carbons (Fsp3) is 0.500. The first-order chi connectivity index (χ1) is 10.4. The third kappa shape index (κ3) is 4.20. The molecule has 1 fully saturated rings. The van der Waals surface area contributed by atoms with Crippen LogP contribution in [0.15, 0.2) is 24.3 Å². The molecular weight excluding hydrogens is 280 g/mol. The van der Waals surface area contributed by atoms with E-state index in [-0.39, 0.29) is 6.03 Å².